The second-order valence-electron chi connectivity index (χ2n) is 4.25. The summed E-state index contributed by atoms with van der Waals surface area (Å²) in [5.41, 5.74) is 0.354. The van der Waals surface area contributed by atoms with Gasteiger partial charge in [-0.2, -0.15) is 13.2 Å². The monoisotopic (exact) mass is 442 g/mol. The smallest absolute Gasteiger partial charge is 0.314 e. The van der Waals surface area contributed by atoms with Crippen LogP contribution in [0.25, 0.3) is 0 Å². The van der Waals surface area contributed by atoms with E-state index >= 15 is 0 Å². The van der Waals surface area contributed by atoms with Crippen LogP contribution in [0, 0.1) is 3.57 Å². The summed E-state index contributed by atoms with van der Waals surface area (Å²) in [6.45, 7) is 2.07. The SMILES string of the molecule is Cl.Cl.FC(F)(F)[C@@H](c1ccccc1I)N1CCNCC1. The summed E-state index contributed by atoms with van der Waals surface area (Å²) in [6, 6.07) is 5.22. The predicted molar refractivity (Wildman–Crippen MR) is 86.9 cm³/mol. The molecule has 0 amide bonds. The topological polar surface area (TPSA) is 15.3 Å². The Kier molecular flexibility index (Phi) is 8.73. The summed E-state index contributed by atoms with van der Waals surface area (Å²) in [5.74, 6) is 0. The van der Waals surface area contributed by atoms with E-state index in [1.165, 1.54) is 4.90 Å². The Labute approximate surface area is 142 Å². The largest absolute Gasteiger partial charge is 0.408 e. The van der Waals surface area contributed by atoms with Gasteiger partial charge in [0.1, 0.15) is 6.04 Å². The van der Waals surface area contributed by atoms with Crippen LogP contribution in [0.5, 0.6) is 0 Å². The first-order valence-electron chi connectivity index (χ1n) is 5.76. The van der Waals surface area contributed by atoms with Crippen LogP contribution in [-0.4, -0.2) is 37.3 Å². The molecule has 2 rings (SSSR count). The molecule has 0 radical (unpaired) electrons. The van der Waals surface area contributed by atoms with Gasteiger partial charge in [0, 0.05) is 29.7 Å². The lowest BCUT2D eigenvalue weighted by Gasteiger charge is -2.36. The average Bonchev–Trinajstić information content (AvgIpc) is 2.32. The molecule has 1 aliphatic heterocycles. The van der Waals surface area contributed by atoms with Gasteiger partial charge in [0.2, 0.25) is 0 Å². The number of hydrogen-bond donors (Lipinski definition) is 1. The first-order chi connectivity index (χ1) is 8.50. The quantitative estimate of drug-likeness (QED) is 0.703. The molecular weight excluding hydrogens is 427 g/mol. The Balaban J connectivity index is 0.00000180. The van der Waals surface area contributed by atoms with Gasteiger partial charge in [-0.3, -0.25) is 4.90 Å². The van der Waals surface area contributed by atoms with Gasteiger partial charge in [-0.15, -0.1) is 24.8 Å². The molecule has 0 unspecified atom stereocenters. The van der Waals surface area contributed by atoms with E-state index in [-0.39, 0.29) is 24.8 Å². The fraction of sp³-hybridized carbons (Fsp3) is 0.500. The third kappa shape index (κ3) is 4.91. The lowest BCUT2D eigenvalue weighted by atomic mass is 10.0. The zero-order valence-electron chi connectivity index (χ0n) is 10.5. The van der Waals surface area contributed by atoms with Gasteiger partial charge in [-0.05, 0) is 34.2 Å². The molecule has 0 spiro atoms. The molecule has 1 aromatic carbocycles. The van der Waals surface area contributed by atoms with Crippen molar-refractivity contribution in [2.24, 2.45) is 0 Å². The molecule has 1 aliphatic rings. The molecule has 1 atom stereocenters. The van der Waals surface area contributed by atoms with E-state index in [1.807, 2.05) is 22.6 Å². The normalized spacial score (nSPS) is 17.8. The molecule has 1 N–H and O–H groups in total. The highest BCUT2D eigenvalue weighted by Crippen LogP contribution is 2.39. The maximum Gasteiger partial charge on any atom is 0.408 e. The summed E-state index contributed by atoms with van der Waals surface area (Å²) in [6.07, 6.45) is -4.24. The van der Waals surface area contributed by atoms with Crippen molar-refractivity contribution in [1.82, 2.24) is 10.2 Å². The fourth-order valence-electron chi connectivity index (χ4n) is 2.22. The summed E-state index contributed by atoms with van der Waals surface area (Å²) in [7, 11) is 0. The van der Waals surface area contributed by atoms with E-state index < -0.39 is 12.2 Å². The molecule has 1 saturated heterocycles. The van der Waals surface area contributed by atoms with Crippen molar-refractivity contribution in [3.8, 4) is 0 Å². The van der Waals surface area contributed by atoms with Crippen molar-refractivity contribution in [2.45, 2.75) is 12.2 Å². The number of piperazine rings is 1. The highest BCUT2D eigenvalue weighted by atomic mass is 127. The van der Waals surface area contributed by atoms with Gasteiger partial charge in [0.25, 0.3) is 0 Å². The Hall–Kier alpha value is 0.240. The molecular formula is C12H16Cl2F3IN2. The zero-order valence-corrected chi connectivity index (χ0v) is 14.3. The standard InChI is InChI=1S/C12H14F3IN2.2ClH/c13-12(14,15)11(18-7-5-17-6-8-18)9-3-1-2-4-10(9)16;;/h1-4,11,17H,5-8H2;2*1H/t11-;;/m1../s1. The Morgan fingerprint density at radius 1 is 1.10 bits per heavy atom. The summed E-state index contributed by atoms with van der Waals surface area (Å²) >= 11 is 1.97. The van der Waals surface area contributed by atoms with Crippen molar-refractivity contribution in [1.29, 1.82) is 0 Å². The molecule has 1 heterocycles. The number of nitrogens with one attached hydrogen (secondary N) is 1. The number of hydrogen-bond acceptors (Lipinski definition) is 2. The zero-order chi connectivity index (χ0) is 13.2. The van der Waals surface area contributed by atoms with E-state index in [0.29, 0.717) is 35.3 Å². The van der Waals surface area contributed by atoms with Crippen molar-refractivity contribution in [3.05, 3.63) is 33.4 Å². The van der Waals surface area contributed by atoms with Crippen molar-refractivity contribution >= 4 is 47.4 Å². The third-order valence-corrected chi connectivity index (χ3v) is 4.01. The first kappa shape index (κ1) is 20.2. The van der Waals surface area contributed by atoms with Gasteiger partial charge in [-0.25, -0.2) is 0 Å². The molecule has 0 aliphatic carbocycles. The van der Waals surface area contributed by atoms with Crippen LogP contribution in [-0.2, 0) is 0 Å². The first-order valence-corrected chi connectivity index (χ1v) is 6.84. The lowest BCUT2D eigenvalue weighted by Crippen LogP contribution is -2.49. The van der Waals surface area contributed by atoms with Crippen LogP contribution in [0.15, 0.2) is 24.3 Å². The van der Waals surface area contributed by atoms with E-state index in [0.717, 1.165) is 0 Å². The highest BCUT2D eigenvalue weighted by molar-refractivity contribution is 14.1. The summed E-state index contributed by atoms with van der Waals surface area (Å²) in [5, 5.41) is 3.08. The van der Waals surface area contributed by atoms with Crippen LogP contribution < -0.4 is 5.32 Å². The van der Waals surface area contributed by atoms with Gasteiger partial charge >= 0.3 is 6.18 Å². The van der Waals surface area contributed by atoms with Crippen molar-refractivity contribution in [2.75, 3.05) is 26.2 Å². The van der Waals surface area contributed by atoms with Crippen LogP contribution in [0.2, 0.25) is 0 Å². The maximum atomic E-state index is 13.3. The van der Waals surface area contributed by atoms with Gasteiger partial charge < -0.3 is 5.32 Å². The van der Waals surface area contributed by atoms with Crippen molar-refractivity contribution < 1.29 is 13.2 Å². The van der Waals surface area contributed by atoms with E-state index in [9.17, 15) is 13.2 Å². The van der Waals surface area contributed by atoms with E-state index in [2.05, 4.69) is 5.32 Å². The highest BCUT2D eigenvalue weighted by Gasteiger charge is 2.45. The molecule has 0 saturated carbocycles. The number of rotatable bonds is 2. The van der Waals surface area contributed by atoms with Gasteiger partial charge in [-0.1, -0.05) is 18.2 Å². The minimum absolute atomic E-state index is 0. The number of halogens is 6. The molecule has 20 heavy (non-hydrogen) atoms. The Morgan fingerprint density at radius 3 is 2.15 bits per heavy atom. The van der Waals surface area contributed by atoms with E-state index in [4.69, 9.17) is 0 Å². The van der Waals surface area contributed by atoms with E-state index in [1.54, 1.807) is 24.3 Å². The fourth-order valence-corrected chi connectivity index (χ4v) is 2.90. The third-order valence-electron chi connectivity index (χ3n) is 3.03. The lowest BCUT2D eigenvalue weighted by molar-refractivity contribution is -0.188. The maximum absolute atomic E-state index is 13.3. The second kappa shape index (κ2) is 8.63. The Bertz CT molecular complexity index is 412. The van der Waals surface area contributed by atoms with Crippen LogP contribution >= 0.6 is 47.4 Å². The van der Waals surface area contributed by atoms with Gasteiger partial charge in [0.05, 0.1) is 0 Å². The number of benzene rings is 1. The van der Waals surface area contributed by atoms with Crippen LogP contribution in [0.4, 0.5) is 13.2 Å². The minimum Gasteiger partial charge on any atom is -0.314 e. The number of alkyl halides is 3. The molecule has 1 aromatic rings. The average molecular weight is 443 g/mol. The minimum atomic E-state index is -4.24. The molecule has 116 valence electrons. The second-order valence-corrected chi connectivity index (χ2v) is 5.41. The molecule has 2 nitrogen and oxygen atoms in total. The Morgan fingerprint density at radius 2 is 1.65 bits per heavy atom. The molecule has 0 bridgehead atoms. The van der Waals surface area contributed by atoms with Gasteiger partial charge in [0.15, 0.2) is 0 Å². The molecule has 0 aromatic heterocycles. The van der Waals surface area contributed by atoms with Crippen LogP contribution in [0.3, 0.4) is 0 Å². The molecule has 8 heteroatoms. The van der Waals surface area contributed by atoms with Crippen LogP contribution in [0.1, 0.15) is 11.6 Å². The number of nitrogens with zero attached hydrogens (tertiary/aromatic N) is 1. The predicted octanol–water partition coefficient (Wildman–Crippen LogP) is 3.64. The summed E-state index contributed by atoms with van der Waals surface area (Å²) < 4.78 is 40.6. The molecule has 1 fully saturated rings. The van der Waals surface area contributed by atoms with Crippen molar-refractivity contribution in [3.63, 3.8) is 0 Å². The summed E-state index contributed by atoms with van der Waals surface area (Å²) in [4.78, 5) is 1.51.